The molecule has 0 aromatic carbocycles. The minimum Gasteiger partial charge on any atom is -0.462 e. The Morgan fingerprint density at radius 3 is 2.58 bits per heavy atom. The Balaban J connectivity index is 2.21. The van der Waals surface area contributed by atoms with E-state index in [4.69, 9.17) is 27.9 Å². The van der Waals surface area contributed by atoms with Crippen molar-refractivity contribution in [3.63, 3.8) is 0 Å². The lowest BCUT2D eigenvalue weighted by molar-refractivity contribution is -0.119. The molecule has 0 N–H and O–H groups in total. The Morgan fingerprint density at radius 1 is 1.38 bits per heavy atom. The van der Waals surface area contributed by atoms with Gasteiger partial charge in [-0.2, -0.15) is 0 Å². The van der Waals surface area contributed by atoms with Gasteiger partial charge in [0.2, 0.25) is 5.91 Å². The highest BCUT2D eigenvalue weighted by molar-refractivity contribution is 7.17. The summed E-state index contributed by atoms with van der Waals surface area (Å²) in [5.74, 6) is -0.937. The highest BCUT2D eigenvalue weighted by atomic mass is 35.5. The van der Waals surface area contributed by atoms with Gasteiger partial charge in [-0.3, -0.25) is 9.69 Å². The number of hydrogen-bond donors (Lipinski definition) is 0. The van der Waals surface area contributed by atoms with Gasteiger partial charge in [0.25, 0.3) is 0 Å². The second-order valence-electron chi connectivity index (χ2n) is 5.85. The largest absolute Gasteiger partial charge is 0.462 e. The van der Waals surface area contributed by atoms with E-state index < -0.39 is 16.2 Å². The van der Waals surface area contributed by atoms with Gasteiger partial charge in [0.1, 0.15) is 9.21 Å². The van der Waals surface area contributed by atoms with E-state index in [-0.39, 0.29) is 5.91 Å². The first-order valence-corrected chi connectivity index (χ1v) is 9.72. The zero-order valence-corrected chi connectivity index (χ0v) is 16.4. The van der Waals surface area contributed by atoms with E-state index in [2.05, 4.69) is 11.9 Å². The van der Waals surface area contributed by atoms with Gasteiger partial charge < -0.3 is 4.74 Å². The Morgan fingerprint density at radius 2 is 2.04 bits per heavy atom. The number of ether oxygens (including phenoxy) is 1. The molecule has 1 aliphatic carbocycles. The fraction of sp³-hybridized carbons (Fsp3) is 0.688. The molecule has 0 spiro atoms. The standard InChI is InChI=1S/C16H22Cl2N2O3S/c1-4-6-7-8-20(13(21)11-9-16(11,17)18)15-19-10(3)12(24-15)14(22)23-5-2/h11H,4-9H2,1-3H3. The highest BCUT2D eigenvalue weighted by Gasteiger charge is 2.57. The van der Waals surface area contributed by atoms with E-state index in [9.17, 15) is 9.59 Å². The Labute approximate surface area is 156 Å². The van der Waals surface area contributed by atoms with Crippen molar-refractivity contribution < 1.29 is 14.3 Å². The lowest BCUT2D eigenvalue weighted by Crippen LogP contribution is -2.34. The number of aryl methyl sites for hydroxylation is 1. The van der Waals surface area contributed by atoms with Gasteiger partial charge >= 0.3 is 5.97 Å². The van der Waals surface area contributed by atoms with Crippen LogP contribution in [0.1, 0.15) is 54.9 Å². The van der Waals surface area contributed by atoms with Crippen LogP contribution in [0, 0.1) is 12.8 Å². The van der Waals surface area contributed by atoms with Crippen LogP contribution in [0.3, 0.4) is 0 Å². The van der Waals surface area contributed by atoms with Crippen LogP contribution in [0.2, 0.25) is 0 Å². The zero-order valence-electron chi connectivity index (χ0n) is 14.1. The summed E-state index contributed by atoms with van der Waals surface area (Å²) in [4.78, 5) is 31.2. The van der Waals surface area contributed by atoms with E-state index in [0.29, 0.717) is 35.3 Å². The summed E-state index contributed by atoms with van der Waals surface area (Å²) in [5, 5.41) is 0.507. The molecule has 1 aliphatic rings. The summed E-state index contributed by atoms with van der Waals surface area (Å²) >= 11 is 13.3. The maximum atomic E-state index is 12.7. The van der Waals surface area contributed by atoms with Crippen molar-refractivity contribution in [3.8, 4) is 0 Å². The van der Waals surface area contributed by atoms with Crippen LogP contribution < -0.4 is 4.90 Å². The first-order valence-electron chi connectivity index (χ1n) is 8.15. The number of aromatic nitrogens is 1. The SMILES string of the molecule is CCCCCN(C(=O)C1CC1(Cl)Cl)c1nc(C)c(C(=O)OCC)s1. The van der Waals surface area contributed by atoms with Gasteiger partial charge in [-0.05, 0) is 26.7 Å². The number of hydrogen-bond acceptors (Lipinski definition) is 5. The predicted molar refractivity (Wildman–Crippen MR) is 97.2 cm³/mol. The maximum Gasteiger partial charge on any atom is 0.350 e. The lowest BCUT2D eigenvalue weighted by atomic mass is 10.2. The summed E-state index contributed by atoms with van der Waals surface area (Å²) in [6, 6.07) is 0. The van der Waals surface area contributed by atoms with Crippen molar-refractivity contribution in [3.05, 3.63) is 10.6 Å². The van der Waals surface area contributed by atoms with Crippen LogP contribution in [0.25, 0.3) is 0 Å². The summed E-state index contributed by atoms with van der Waals surface area (Å²) in [7, 11) is 0. The highest BCUT2D eigenvalue weighted by Crippen LogP contribution is 2.54. The van der Waals surface area contributed by atoms with Crippen LogP contribution in [0.15, 0.2) is 0 Å². The molecule has 1 saturated carbocycles. The molecule has 1 aromatic rings. The summed E-state index contributed by atoms with van der Waals surface area (Å²) in [6.07, 6.45) is 3.37. The fourth-order valence-corrected chi connectivity index (χ4v) is 3.86. The minimum absolute atomic E-state index is 0.125. The third-order valence-corrected chi connectivity index (χ3v) is 5.85. The van der Waals surface area contributed by atoms with E-state index in [0.717, 1.165) is 19.3 Å². The molecular weight excluding hydrogens is 371 g/mol. The number of alkyl halides is 2. The topological polar surface area (TPSA) is 59.5 Å². The zero-order chi connectivity index (χ0) is 17.9. The van der Waals surface area contributed by atoms with Crippen molar-refractivity contribution >= 4 is 51.5 Å². The van der Waals surface area contributed by atoms with Crippen LogP contribution in [0.5, 0.6) is 0 Å². The number of amides is 1. The van der Waals surface area contributed by atoms with Gasteiger partial charge in [-0.1, -0.05) is 31.1 Å². The molecule has 1 heterocycles. The van der Waals surface area contributed by atoms with Crippen LogP contribution in [-0.4, -0.2) is 34.3 Å². The quantitative estimate of drug-likeness (QED) is 0.374. The van der Waals surface area contributed by atoms with Crippen molar-refractivity contribution in [2.75, 3.05) is 18.1 Å². The first-order chi connectivity index (χ1) is 11.3. The molecule has 1 fully saturated rings. The predicted octanol–water partition coefficient (Wildman–Crippen LogP) is 4.35. The van der Waals surface area contributed by atoms with Crippen molar-refractivity contribution in [2.45, 2.75) is 50.8 Å². The fourth-order valence-electron chi connectivity index (χ4n) is 2.37. The molecule has 8 heteroatoms. The first kappa shape index (κ1) is 19.5. The van der Waals surface area contributed by atoms with Gasteiger partial charge in [0.15, 0.2) is 5.13 Å². The average molecular weight is 393 g/mol. The van der Waals surface area contributed by atoms with Crippen LogP contribution in [-0.2, 0) is 9.53 Å². The van der Waals surface area contributed by atoms with Gasteiger partial charge in [0.05, 0.1) is 18.2 Å². The van der Waals surface area contributed by atoms with Crippen molar-refractivity contribution in [1.82, 2.24) is 4.98 Å². The Kier molecular flexibility index (Phi) is 6.51. The monoisotopic (exact) mass is 392 g/mol. The molecule has 0 aliphatic heterocycles. The molecule has 0 bridgehead atoms. The van der Waals surface area contributed by atoms with Gasteiger partial charge in [0, 0.05) is 6.54 Å². The molecule has 0 radical (unpaired) electrons. The molecule has 2 rings (SSSR count). The second-order valence-corrected chi connectivity index (χ2v) is 8.37. The summed E-state index contributed by atoms with van der Waals surface area (Å²) < 4.78 is 4.06. The average Bonchev–Trinajstić information content (AvgIpc) is 2.98. The molecule has 0 saturated heterocycles. The normalized spacial score (nSPS) is 18.3. The van der Waals surface area contributed by atoms with E-state index in [1.54, 1.807) is 18.7 Å². The molecule has 1 aromatic heterocycles. The number of rotatable bonds is 8. The molecule has 24 heavy (non-hydrogen) atoms. The number of thiazole rings is 1. The molecule has 134 valence electrons. The minimum atomic E-state index is -0.976. The Bertz CT molecular complexity index is 618. The molecule has 5 nitrogen and oxygen atoms in total. The number of carbonyl (C=O) groups is 2. The number of esters is 1. The van der Waals surface area contributed by atoms with Crippen molar-refractivity contribution in [1.29, 1.82) is 0 Å². The summed E-state index contributed by atoms with van der Waals surface area (Å²) in [6.45, 7) is 6.44. The smallest absolute Gasteiger partial charge is 0.350 e. The van der Waals surface area contributed by atoms with Crippen LogP contribution in [0.4, 0.5) is 5.13 Å². The number of unbranched alkanes of at least 4 members (excludes halogenated alkanes) is 2. The van der Waals surface area contributed by atoms with Gasteiger partial charge in [-0.25, -0.2) is 9.78 Å². The number of nitrogens with zero attached hydrogens (tertiary/aromatic N) is 2. The molecular formula is C16H22Cl2N2O3S. The third kappa shape index (κ3) is 4.41. The molecule has 1 amide bonds. The lowest BCUT2D eigenvalue weighted by Gasteiger charge is -2.20. The second kappa shape index (κ2) is 8.02. The maximum absolute atomic E-state index is 12.7. The van der Waals surface area contributed by atoms with Crippen molar-refractivity contribution in [2.24, 2.45) is 5.92 Å². The molecule has 1 atom stereocenters. The Hall–Kier alpha value is -0.850. The number of halogens is 2. The van der Waals surface area contributed by atoms with E-state index in [1.807, 2.05) is 0 Å². The number of carbonyl (C=O) groups excluding carboxylic acids is 2. The van der Waals surface area contributed by atoms with Crippen LogP contribution >= 0.6 is 34.5 Å². The summed E-state index contributed by atoms with van der Waals surface area (Å²) in [5.41, 5.74) is 0.570. The van der Waals surface area contributed by atoms with E-state index >= 15 is 0 Å². The number of anilines is 1. The third-order valence-electron chi connectivity index (χ3n) is 3.85. The molecule has 1 unspecified atom stereocenters. The van der Waals surface area contributed by atoms with Gasteiger partial charge in [-0.15, -0.1) is 23.2 Å². The van der Waals surface area contributed by atoms with E-state index in [1.165, 1.54) is 11.3 Å².